The molecule has 0 saturated carbocycles. The number of aromatic nitrogens is 2. The second-order valence-electron chi connectivity index (χ2n) is 5.66. The van der Waals surface area contributed by atoms with Crippen LogP contribution in [0.4, 0.5) is 0 Å². The minimum atomic E-state index is 0.722. The molecule has 0 amide bonds. The third-order valence-corrected chi connectivity index (χ3v) is 5.24. The molecule has 1 fully saturated rings. The monoisotopic (exact) mass is 323 g/mol. The van der Waals surface area contributed by atoms with Crippen molar-refractivity contribution in [1.29, 1.82) is 0 Å². The Kier molecular flexibility index (Phi) is 7.63. The molecule has 124 valence electrons. The summed E-state index contributed by atoms with van der Waals surface area (Å²) in [6, 6.07) is 0. The Labute approximate surface area is 138 Å². The largest absolute Gasteiger partial charge is 0.357 e. The normalized spacial score (nSPS) is 18.6. The molecule has 6 heteroatoms. The van der Waals surface area contributed by atoms with Gasteiger partial charge >= 0.3 is 0 Å². The summed E-state index contributed by atoms with van der Waals surface area (Å²) in [5, 5.41) is 7.50. The molecule has 1 saturated heterocycles. The molecular formula is C16H29N5S. The van der Waals surface area contributed by atoms with Gasteiger partial charge in [-0.05, 0) is 45.3 Å². The quantitative estimate of drug-likeness (QED) is 0.438. The molecule has 1 aliphatic rings. The van der Waals surface area contributed by atoms with Crippen LogP contribution in [0, 0.1) is 6.92 Å². The molecule has 0 bridgehead atoms. The van der Waals surface area contributed by atoms with E-state index in [4.69, 9.17) is 4.99 Å². The van der Waals surface area contributed by atoms with Crippen molar-refractivity contribution in [2.75, 3.05) is 25.4 Å². The van der Waals surface area contributed by atoms with Crippen LogP contribution in [0.1, 0.15) is 38.4 Å². The van der Waals surface area contributed by atoms with Gasteiger partial charge in [-0.2, -0.15) is 11.8 Å². The van der Waals surface area contributed by atoms with Crippen LogP contribution in [0.15, 0.2) is 17.4 Å². The van der Waals surface area contributed by atoms with Crippen molar-refractivity contribution in [2.45, 2.75) is 51.3 Å². The molecule has 2 N–H and O–H groups in total. The summed E-state index contributed by atoms with van der Waals surface area (Å²) in [5.41, 5.74) is 0. The van der Waals surface area contributed by atoms with Crippen LogP contribution in [0.5, 0.6) is 0 Å². The van der Waals surface area contributed by atoms with Crippen LogP contribution in [0.25, 0.3) is 0 Å². The predicted molar refractivity (Wildman–Crippen MR) is 95.7 cm³/mol. The number of hydrogen-bond donors (Lipinski definition) is 2. The van der Waals surface area contributed by atoms with E-state index in [1.54, 1.807) is 0 Å². The molecule has 2 heterocycles. The van der Waals surface area contributed by atoms with E-state index in [9.17, 15) is 0 Å². The summed E-state index contributed by atoms with van der Waals surface area (Å²) < 4.78 is 2.20. The van der Waals surface area contributed by atoms with Gasteiger partial charge in [0, 0.05) is 37.3 Å². The molecule has 22 heavy (non-hydrogen) atoms. The highest BCUT2D eigenvalue weighted by Crippen LogP contribution is 2.25. The van der Waals surface area contributed by atoms with E-state index in [-0.39, 0.29) is 0 Å². The Balaban J connectivity index is 1.63. The Bertz CT molecular complexity index is 451. The van der Waals surface area contributed by atoms with Gasteiger partial charge in [-0.3, -0.25) is 4.99 Å². The minimum Gasteiger partial charge on any atom is -0.357 e. The molecule has 0 spiro atoms. The number of rotatable bonds is 8. The van der Waals surface area contributed by atoms with E-state index in [0.29, 0.717) is 0 Å². The van der Waals surface area contributed by atoms with Crippen LogP contribution in [0.2, 0.25) is 0 Å². The van der Waals surface area contributed by atoms with Gasteiger partial charge < -0.3 is 15.2 Å². The van der Waals surface area contributed by atoms with Gasteiger partial charge in [-0.15, -0.1) is 0 Å². The second kappa shape index (κ2) is 9.77. The number of nitrogens with one attached hydrogen (secondary N) is 2. The fourth-order valence-electron chi connectivity index (χ4n) is 2.58. The summed E-state index contributed by atoms with van der Waals surface area (Å²) in [6.07, 6.45) is 8.88. The molecule has 0 radical (unpaired) electrons. The van der Waals surface area contributed by atoms with Gasteiger partial charge in [0.15, 0.2) is 5.96 Å². The van der Waals surface area contributed by atoms with Crippen molar-refractivity contribution in [3.8, 4) is 0 Å². The van der Waals surface area contributed by atoms with Crippen molar-refractivity contribution in [1.82, 2.24) is 20.2 Å². The molecule has 1 aromatic rings. The van der Waals surface area contributed by atoms with Gasteiger partial charge in [0.1, 0.15) is 5.82 Å². The predicted octanol–water partition coefficient (Wildman–Crippen LogP) is 2.42. The van der Waals surface area contributed by atoms with E-state index in [2.05, 4.69) is 45.8 Å². The fraction of sp³-hybridized carbons (Fsp3) is 0.750. The molecular weight excluding hydrogens is 294 g/mol. The molecule has 0 aliphatic carbocycles. The molecule has 1 unspecified atom stereocenters. The first-order chi connectivity index (χ1) is 10.8. The summed E-state index contributed by atoms with van der Waals surface area (Å²) in [5.74, 6) is 3.36. The van der Waals surface area contributed by atoms with Crippen LogP contribution in [0.3, 0.4) is 0 Å². The highest BCUT2D eigenvalue weighted by atomic mass is 32.2. The van der Waals surface area contributed by atoms with Crippen molar-refractivity contribution >= 4 is 17.7 Å². The second-order valence-corrected chi connectivity index (χ2v) is 7.06. The van der Waals surface area contributed by atoms with Gasteiger partial charge in [0.05, 0.1) is 6.54 Å². The van der Waals surface area contributed by atoms with E-state index < -0.39 is 0 Å². The van der Waals surface area contributed by atoms with Crippen molar-refractivity contribution in [2.24, 2.45) is 4.99 Å². The van der Waals surface area contributed by atoms with Crippen LogP contribution >= 0.6 is 11.8 Å². The molecule has 0 aromatic carbocycles. The Morgan fingerprint density at radius 1 is 1.45 bits per heavy atom. The average molecular weight is 324 g/mol. The molecule has 2 rings (SSSR count). The summed E-state index contributed by atoms with van der Waals surface area (Å²) >= 11 is 2.06. The van der Waals surface area contributed by atoms with Gasteiger partial charge in [-0.1, -0.05) is 0 Å². The summed E-state index contributed by atoms with van der Waals surface area (Å²) in [4.78, 5) is 8.96. The highest BCUT2D eigenvalue weighted by Gasteiger charge is 2.14. The highest BCUT2D eigenvalue weighted by molar-refractivity contribution is 8.00. The van der Waals surface area contributed by atoms with E-state index in [1.165, 1.54) is 18.6 Å². The maximum absolute atomic E-state index is 4.72. The van der Waals surface area contributed by atoms with E-state index >= 15 is 0 Å². The lowest BCUT2D eigenvalue weighted by molar-refractivity contribution is 0.588. The number of aliphatic imine (C=N–C) groups is 1. The number of nitrogens with zero attached hydrogens (tertiary/aromatic N) is 3. The Morgan fingerprint density at radius 3 is 3.05 bits per heavy atom. The number of aryl methyl sites for hydroxylation is 2. The van der Waals surface area contributed by atoms with E-state index in [0.717, 1.165) is 56.1 Å². The number of unbranched alkanes of at least 4 members (excludes halogenated alkanes) is 1. The molecule has 1 aromatic heterocycles. The fourth-order valence-corrected chi connectivity index (χ4v) is 3.76. The van der Waals surface area contributed by atoms with Crippen LogP contribution < -0.4 is 10.6 Å². The zero-order valence-electron chi connectivity index (χ0n) is 13.8. The van der Waals surface area contributed by atoms with Crippen LogP contribution in [-0.4, -0.2) is 46.1 Å². The van der Waals surface area contributed by atoms with Crippen LogP contribution in [-0.2, 0) is 6.54 Å². The van der Waals surface area contributed by atoms with Gasteiger partial charge in [0.25, 0.3) is 0 Å². The van der Waals surface area contributed by atoms with Crippen molar-refractivity contribution < 1.29 is 0 Å². The number of imidazole rings is 1. The summed E-state index contributed by atoms with van der Waals surface area (Å²) in [6.45, 7) is 8.03. The topological polar surface area (TPSA) is 54.2 Å². The maximum atomic E-state index is 4.72. The molecule has 1 aliphatic heterocycles. The van der Waals surface area contributed by atoms with E-state index in [1.807, 2.05) is 12.4 Å². The first kappa shape index (κ1) is 17.2. The lowest BCUT2D eigenvalue weighted by Crippen LogP contribution is -2.38. The smallest absolute Gasteiger partial charge is 0.191 e. The number of hydrogen-bond acceptors (Lipinski definition) is 3. The third kappa shape index (κ3) is 5.91. The van der Waals surface area contributed by atoms with Crippen molar-refractivity contribution in [3.63, 3.8) is 0 Å². The Morgan fingerprint density at radius 2 is 2.36 bits per heavy atom. The van der Waals surface area contributed by atoms with Crippen molar-refractivity contribution in [3.05, 3.63) is 18.2 Å². The maximum Gasteiger partial charge on any atom is 0.191 e. The van der Waals surface area contributed by atoms with Gasteiger partial charge in [-0.25, -0.2) is 4.98 Å². The minimum absolute atomic E-state index is 0.722. The number of thioether (sulfide) groups is 1. The third-order valence-electron chi connectivity index (χ3n) is 3.86. The number of guanidine groups is 1. The van der Waals surface area contributed by atoms with Gasteiger partial charge in [0.2, 0.25) is 0 Å². The SMILES string of the molecule is CCNC(=NCC1CCCS1)NCCCCn1ccnc1C. The lowest BCUT2D eigenvalue weighted by Gasteiger charge is -2.13. The first-order valence-electron chi connectivity index (χ1n) is 8.41. The molecule has 1 atom stereocenters. The average Bonchev–Trinajstić information content (AvgIpc) is 3.16. The molecule has 5 nitrogen and oxygen atoms in total. The Hall–Kier alpha value is -1.17. The zero-order chi connectivity index (χ0) is 15.6. The first-order valence-corrected chi connectivity index (χ1v) is 9.46. The zero-order valence-corrected chi connectivity index (χ0v) is 14.7. The lowest BCUT2D eigenvalue weighted by atomic mass is 10.2. The summed E-state index contributed by atoms with van der Waals surface area (Å²) in [7, 11) is 0. The standard InChI is InChI=1S/C16H29N5S/c1-3-17-16(20-13-15-7-6-12-22-15)19-8-4-5-10-21-11-9-18-14(21)2/h9,11,15H,3-8,10,12-13H2,1-2H3,(H2,17,19,20).